The van der Waals surface area contributed by atoms with Crippen molar-refractivity contribution in [1.82, 2.24) is 19.7 Å². The number of hydrogen-bond donors (Lipinski definition) is 0. The van der Waals surface area contributed by atoms with E-state index in [1.165, 1.54) is 22.7 Å². The Hall–Kier alpha value is -3.08. The fourth-order valence-corrected chi connectivity index (χ4v) is 5.63. The molecule has 29 heavy (non-hydrogen) atoms. The first-order valence-corrected chi connectivity index (χ1v) is 10.9. The molecular weight excluding hydrogens is 426 g/mol. The lowest BCUT2D eigenvalue weighted by atomic mass is 10.2. The van der Waals surface area contributed by atoms with E-state index in [0.29, 0.717) is 9.50 Å². The largest absolute Gasteiger partial charge is 0.344 e. The SMILES string of the molecule is O=[N+]([O-])c1cnc(Sc2nnc(-c3cc4ccccc4s3)n2-c2ccccc2)s1. The predicted octanol–water partition coefficient (Wildman–Crippen LogP) is 5.66. The van der Waals surface area contributed by atoms with Crippen molar-refractivity contribution in [2.45, 2.75) is 9.50 Å². The fourth-order valence-electron chi connectivity index (χ4n) is 2.86. The molecule has 0 aliphatic heterocycles. The molecule has 5 rings (SSSR count). The number of para-hydroxylation sites is 1. The molecule has 142 valence electrons. The van der Waals surface area contributed by atoms with Gasteiger partial charge in [-0.15, -0.1) is 21.5 Å². The Bertz CT molecular complexity index is 1290. The van der Waals surface area contributed by atoms with E-state index in [4.69, 9.17) is 0 Å². The van der Waals surface area contributed by atoms with E-state index in [1.807, 2.05) is 47.0 Å². The number of thiazole rings is 1. The van der Waals surface area contributed by atoms with Crippen LogP contribution in [0.5, 0.6) is 0 Å². The van der Waals surface area contributed by atoms with Crippen LogP contribution in [0.15, 0.2) is 76.4 Å². The number of benzene rings is 2. The van der Waals surface area contributed by atoms with E-state index in [-0.39, 0.29) is 5.00 Å². The Kier molecular flexibility index (Phi) is 4.58. The molecule has 0 radical (unpaired) electrons. The number of rotatable bonds is 5. The van der Waals surface area contributed by atoms with E-state index in [9.17, 15) is 10.1 Å². The van der Waals surface area contributed by atoms with Crippen molar-refractivity contribution in [2.75, 3.05) is 0 Å². The van der Waals surface area contributed by atoms with Crippen LogP contribution in [0.3, 0.4) is 0 Å². The molecular formula is C19H11N5O2S3. The second-order valence-corrected chi connectivity index (χ2v) is 9.26. The van der Waals surface area contributed by atoms with E-state index in [1.54, 1.807) is 11.3 Å². The third kappa shape index (κ3) is 3.41. The molecule has 2 aromatic carbocycles. The molecule has 0 saturated heterocycles. The maximum absolute atomic E-state index is 11.0. The summed E-state index contributed by atoms with van der Waals surface area (Å²) >= 11 is 3.94. The number of aromatic nitrogens is 4. The highest BCUT2D eigenvalue weighted by Crippen LogP contribution is 2.38. The van der Waals surface area contributed by atoms with Crippen LogP contribution in [-0.4, -0.2) is 24.7 Å². The normalized spacial score (nSPS) is 11.2. The zero-order chi connectivity index (χ0) is 19.8. The molecule has 0 aliphatic rings. The van der Waals surface area contributed by atoms with Crippen molar-refractivity contribution in [3.05, 3.63) is 77.0 Å². The van der Waals surface area contributed by atoms with Gasteiger partial charge < -0.3 is 0 Å². The van der Waals surface area contributed by atoms with Crippen LogP contribution in [0.25, 0.3) is 26.5 Å². The van der Waals surface area contributed by atoms with E-state index >= 15 is 0 Å². The highest BCUT2D eigenvalue weighted by Gasteiger charge is 2.21. The molecule has 5 aromatic rings. The number of nitrogens with zero attached hydrogens (tertiary/aromatic N) is 5. The van der Waals surface area contributed by atoms with Gasteiger partial charge in [0.2, 0.25) is 5.16 Å². The van der Waals surface area contributed by atoms with Crippen LogP contribution in [-0.2, 0) is 0 Å². The maximum Gasteiger partial charge on any atom is 0.344 e. The lowest BCUT2D eigenvalue weighted by Crippen LogP contribution is -1.98. The summed E-state index contributed by atoms with van der Waals surface area (Å²) in [5.74, 6) is 0.728. The van der Waals surface area contributed by atoms with Crippen LogP contribution in [0.1, 0.15) is 0 Å². The van der Waals surface area contributed by atoms with Gasteiger partial charge in [0, 0.05) is 10.4 Å². The van der Waals surface area contributed by atoms with Gasteiger partial charge in [0.25, 0.3) is 0 Å². The van der Waals surface area contributed by atoms with Crippen LogP contribution in [0, 0.1) is 10.1 Å². The van der Waals surface area contributed by atoms with E-state index in [2.05, 4.69) is 33.4 Å². The lowest BCUT2D eigenvalue weighted by molar-refractivity contribution is -0.380. The van der Waals surface area contributed by atoms with Gasteiger partial charge in [-0.2, -0.15) is 0 Å². The summed E-state index contributed by atoms with van der Waals surface area (Å²) in [6, 6.07) is 20.1. The molecule has 0 saturated carbocycles. The third-order valence-electron chi connectivity index (χ3n) is 4.12. The van der Waals surface area contributed by atoms with Crippen molar-refractivity contribution in [1.29, 1.82) is 0 Å². The number of thiophene rings is 1. The van der Waals surface area contributed by atoms with Crippen LogP contribution in [0.2, 0.25) is 0 Å². The average Bonchev–Trinajstić information content (AvgIpc) is 3.46. The average molecular weight is 438 g/mol. The number of nitro groups is 1. The second kappa shape index (κ2) is 7.39. The van der Waals surface area contributed by atoms with Gasteiger partial charge >= 0.3 is 5.00 Å². The maximum atomic E-state index is 11.0. The van der Waals surface area contributed by atoms with Crippen molar-refractivity contribution in [2.24, 2.45) is 0 Å². The molecule has 0 aliphatic carbocycles. The van der Waals surface area contributed by atoms with Gasteiger partial charge in [-0.05, 0) is 52.8 Å². The lowest BCUT2D eigenvalue weighted by Gasteiger charge is -2.08. The summed E-state index contributed by atoms with van der Waals surface area (Å²) in [6.45, 7) is 0. The predicted molar refractivity (Wildman–Crippen MR) is 115 cm³/mol. The Morgan fingerprint density at radius 1 is 1.00 bits per heavy atom. The van der Waals surface area contributed by atoms with Gasteiger partial charge in [-0.1, -0.05) is 36.4 Å². The minimum absolute atomic E-state index is 0.00278. The van der Waals surface area contributed by atoms with Crippen molar-refractivity contribution >= 4 is 49.5 Å². The minimum Gasteiger partial charge on any atom is -0.269 e. The van der Waals surface area contributed by atoms with E-state index < -0.39 is 4.92 Å². The molecule has 0 spiro atoms. The van der Waals surface area contributed by atoms with Gasteiger partial charge in [0.1, 0.15) is 6.20 Å². The molecule has 0 bridgehead atoms. The molecule has 0 N–H and O–H groups in total. The molecule has 0 unspecified atom stereocenters. The molecule has 0 atom stereocenters. The standard InChI is InChI=1S/C19H11N5O2S3/c25-24(26)16-11-20-19(28-16)29-18-22-21-17(23(18)13-7-2-1-3-8-13)15-10-12-6-4-5-9-14(12)27-15/h1-11H. The first-order valence-electron chi connectivity index (χ1n) is 8.47. The van der Waals surface area contributed by atoms with Gasteiger partial charge in [0.05, 0.1) is 9.80 Å². The van der Waals surface area contributed by atoms with Crippen molar-refractivity contribution < 1.29 is 4.92 Å². The van der Waals surface area contributed by atoms with Crippen molar-refractivity contribution in [3.8, 4) is 16.4 Å². The van der Waals surface area contributed by atoms with Crippen molar-refractivity contribution in [3.63, 3.8) is 0 Å². The Morgan fingerprint density at radius 3 is 2.55 bits per heavy atom. The Morgan fingerprint density at radius 2 is 1.79 bits per heavy atom. The first kappa shape index (κ1) is 18.0. The number of hydrogen-bond acceptors (Lipinski definition) is 8. The molecule has 10 heteroatoms. The fraction of sp³-hybridized carbons (Fsp3) is 0. The van der Waals surface area contributed by atoms with Gasteiger partial charge in [0.15, 0.2) is 10.2 Å². The zero-order valence-electron chi connectivity index (χ0n) is 14.6. The molecule has 7 nitrogen and oxygen atoms in total. The van der Waals surface area contributed by atoms with Gasteiger partial charge in [-0.3, -0.25) is 14.7 Å². The van der Waals surface area contributed by atoms with Crippen LogP contribution in [0.4, 0.5) is 5.00 Å². The topological polar surface area (TPSA) is 86.7 Å². The molecule has 3 heterocycles. The van der Waals surface area contributed by atoms with Crippen LogP contribution < -0.4 is 0 Å². The summed E-state index contributed by atoms with van der Waals surface area (Å²) in [5.41, 5.74) is 0.915. The minimum atomic E-state index is -0.438. The molecule has 0 amide bonds. The third-order valence-corrected chi connectivity index (χ3v) is 7.21. The van der Waals surface area contributed by atoms with Gasteiger partial charge in [-0.25, -0.2) is 4.98 Å². The summed E-state index contributed by atoms with van der Waals surface area (Å²) < 4.78 is 3.68. The molecule has 3 aromatic heterocycles. The zero-order valence-corrected chi connectivity index (χ0v) is 17.1. The van der Waals surface area contributed by atoms with E-state index in [0.717, 1.165) is 33.1 Å². The smallest absolute Gasteiger partial charge is 0.269 e. The highest BCUT2D eigenvalue weighted by atomic mass is 32.2. The summed E-state index contributed by atoms with van der Waals surface area (Å²) in [5, 5.41) is 21.5. The summed E-state index contributed by atoms with van der Waals surface area (Å²) in [7, 11) is 0. The Labute approximate surface area is 176 Å². The number of fused-ring (bicyclic) bond motifs is 1. The highest BCUT2D eigenvalue weighted by molar-refractivity contribution is 8.01. The molecule has 0 fully saturated rings. The second-order valence-electron chi connectivity index (χ2n) is 5.95. The quantitative estimate of drug-likeness (QED) is 0.260. The summed E-state index contributed by atoms with van der Waals surface area (Å²) in [4.78, 5) is 15.7. The Balaban J connectivity index is 1.62. The monoisotopic (exact) mass is 437 g/mol. The summed E-state index contributed by atoms with van der Waals surface area (Å²) in [6.07, 6.45) is 1.27. The van der Waals surface area contributed by atoms with Crippen LogP contribution >= 0.6 is 34.4 Å². The first-order chi connectivity index (χ1) is 14.2.